The molecule has 2 aromatic rings. The van der Waals surface area contributed by atoms with E-state index in [2.05, 4.69) is 45.2 Å². The van der Waals surface area contributed by atoms with Crippen LogP contribution in [0.4, 0.5) is 5.82 Å². The highest BCUT2D eigenvalue weighted by Crippen LogP contribution is 2.25. The van der Waals surface area contributed by atoms with Crippen LogP contribution in [0.3, 0.4) is 0 Å². The smallest absolute Gasteiger partial charge is 0.150 e. The Bertz CT molecular complexity index is 657. The highest BCUT2D eigenvalue weighted by molar-refractivity contribution is 5.54. The molecule has 0 spiro atoms. The Kier molecular flexibility index (Phi) is 2.88. The summed E-state index contributed by atoms with van der Waals surface area (Å²) in [4.78, 5) is 10.7. The molecule has 1 aliphatic rings. The third-order valence-corrected chi connectivity index (χ3v) is 3.44. The lowest BCUT2D eigenvalue weighted by Gasteiger charge is -2.30. The van der Waals surface area contributed by atoms with Gasteiger partial charge >= 0.3 is 0 Å². The molecule has 0 radical (unpaired) electrons. The number of aryl methyl sites for hydroxylation is 1. The van der Waals surface area contributed by atoms with Crippen LogP contribution < -0.4 is 4.90 Å². The molecular weight excluding hydrogens is 236 g/mol. The molecule has 0 N–H and O–H groups in total. The zero-order chi connectivity index (χ0) is 13.2. The average molecular weight is 250 g/mol. The molecule has 0 aliphatic carbocycles. The zero-order valence-corrected chi connectivity index (χ0v) is 10.8. The van der Waals surface area contributed by atoms with Gasteiger partial charge in [0.1, 0.15) is 17.5 Å². The van der Waals surface area contributed by atoms with E-state index in [0.29, 0.717) is 11.4 Å². The minimum absolute atomic E-state index is 0.546. The Labute approximate surface area is 112 Å². The van der Waals surface area contributed by atoms with E-state index >= 15 is 0 Å². The van der Waals surface area contributed by atoms with Crippen molar-refractivity contribution in [3.8, 4) is 6.07 Å². The molecule has 1 aromatic heterocycles. The number of nitriles is 1. The summed E-state index contributed by atoms with van der Waals surface area (Å²) >= 11 is 0. The average Bonchev–Trinajstić information content (AvgIpc) is 2.46. The molecule has 1 aliphatic heterocycles. The first-order valence-electron chi connectivity index (χ1n) is 6.33. The summed E-state index contributed by atoms with van der Waals surface area (Å²) in [5.74, 6) is 1.46. The molecule has 0 saturated heterocycles. The second-order valence-corrected chi connectivity index (χ2v) is 4.71. The first kappa shape index (κ1) is 11.7. The van der Waals surface area contributed by atoms with Gasteiger partial charge in [0.05, 0.1) is 6.20 Å². The minimum Gasteiger partial charge on any atom is -0.351 e. The fraction of sp³-hybridized carbons (Fsp3) is 0.267. The number of nitrogens with zero attached hydrogens (tertiary/aromatic N) is 4. The van der Waals surface area contributed by atoms with Crippen LogP contribution in [0.5, 0.6) is 0 Å². The Balaban J connectivity index is 1.98. The number of hydrogen-bond acceptors (Lipinski definition) is 4. The number of benzene rings is 1. The molecule has 94 valence electrons. The van der Waals surface area contributed by atoms with E-state index in [1.54, 1.807) is 6.20 Å². The Hall–Kier alpha value is -2.41. The van der Waals surface area contributed by atoms with Crippen LogP contribution in [0, 0.1) is 18.3 Å². The quantitative estimate of drug-likeness (QED) is 0.778. The Morgan fingerprint density at radius 1 is 1.26 bits per heavy atom. The number of anilines is 1. The third kappa shape index (κ3) is 2.15. The second-order valence-electron chi connectivity index (χ2n) is 4.71. The van der Waals surface area contributed by atoms with Gasteiger partial charge in [-0.15, -0.1) is 0 Å². The third-order valence-electron chi connectivity index (χ3n) is 3.44. The van der Waals surface area contributed by atoms with E-state index in [4.69, 9.17) is 0 Å². The lowest BCUT2D eigenvalue weighted by molar-refractivity contribution is 0.715. The predicted octanol–water partition coefficient (Wildman–Crippen LogP) is 2.22. The van der Waals surface area contributed by atoms with E-state index < -0.39 is 0 Å². The molecule has 0 saturated carbocycles. The van der Waals surface area contributed by atoms with Crippen molar-refractivity contribution in [1.29, 1.82) is 5.26 Å². The molecule has 19 heavy (non-hydrogen) atoms. The molecule has 0 bridgehead atoms. The van der Waals surface area contributed by atoms with Crippen LogP contribution in [0.15, 0.2) is 30.5 Å². The lowest BCUT2D eigenvalue weighted by atomic mass is 10.00. The second kappa shape index (κ2) is 4.69. The maximum atomic E-state index is 9.18. The van der Waals surface area contributed by atoms with Gasteiger partial charge in [-0.25, -0.2) is 9.97 Å². The monoisotopic (exact) mass is 250 g/mol. The summed E-state index contributed by atoms with van der Waals surface area (Å²) in [6.45, 7) is 3.55. The molecule has 1 aromatic carbocycles. The molecule has 0 atom stereocenters. The van der Waals surface area contributed by atoms with Crippen molar-refractivity contribution in [3.63, 3.8) is 0 Å². The topological polar surface area (TPSA) is 52.8 Å². The van der Waals surface area contributed by atoms with E-state index in [1.165, 1.54) is 11.1 Å². The number of hydrogen-bond donors (Lipinski definition) is 0. The molecule has 4 nitrogen and oxygen atoms in total. The fourth-order valence-corrected chi connectivity index (χ4v) is 2.45. The largest absolute Gasteiger partial charge is 0.351 e. The number of fused-ring (bicyclic) bond motifs is 1. The maximum absolute atomic E-state index is 9.18. The molecule has 0 amide bonds. The van der Waals surface area contributed by atoms with E-state index in [1.807, 2.05) is 6.92 Å². The van der Waals surface area contributed by atoms with Crippen LogP contribution in [0.2, 0.25) is 0 Å². The highest BCUT2D eigenvalue weighted by Gasteiger charge is 2.19. The van der Waals surface area contributed by atoms with Crippen molar-refractivity contribution in [3.05, 3.63) is 53.0 Å². The molecule has 0 unspecified atom stereocenters. The van der Waals surface area contributed by atoms with Crippen LogP contribution >= 0.6 is 0 Å². The Morgan fingerprint density at radius 3 is 2.84 bits per heavy atom. The summed E-state index contributed by atoms with van der Waals surface area (Å²) in [7, 11) is 0. The zero-order valence-electron chi connectivity index (χ0n) is 10.8. The first-order chi connectivity index (χ1) is 9.28. The summed E-state index contributed by atoms with van der Waals surface area (Å²) in [5.41, 5.74) is 3.25. The van der Waals surface area contributed by atoms with Gasteiger partial charge in [-0.1, -0.05) is 24.3 Å². The summed E-state index contributed by atoms with van der Waals surface area (Å²) in [6, 6.07) is 10.6. The van der Waals surface area contributed by atoms with Gasteiger partial charge in [-0.3, -0.25) is 0 Å². The Morgan fingerprint density at radius 2 is 2.05 bits per heavy atom. The van der Waals surface area contributed by atoms with Crippen LogP contribution in [0.1, 0.15) is 22.5 Å². The molecular formula is C15H14N4. The van der Waals surface area contributed by atoms with Gasteiger partial charge in [-0.05, 0) is 24.5 Å². The highest BCUT2D eigenvalue weighted by atomic mass is 15.2. The van der Waals surface area contributed by atoms with Crippen LogP contribution in [-0.4, -0.2) is 16.5 Å². The fourth-order valence-electron chi connectivity index (χ4n) is 2.45. The lowest BCUT2D eigenvalue weighted by Crippen LogP contribution is -2.31. The summed E-state index contributed by atoms with van der Waals surface area (Å²) in [5, 5.41) is 9.18. The predicted molar refractivity (Wildman–Crippen MR) is 72.7 cm³/mol. The summed E-state index contributed by atoms with van der Waals surface area (Å²) < 4.78 is 0. The van der Waals surface area contributed by atoms with Gasteiger partial charge in [-0.2, -0.15) is 5.26 Å². The van der Waals surface area contributed by atoms with Gasteiger partial charge in [0, 0.05) is 13.1 Å². The normalized spacial score (nSPS) is 13.8. The van der Waals surface area contributed by atoms with Gasteiger partial charge in [0.15, 0.2) is 5.82 Å². The van der Waals surface area contributed by atoms with Crippen molar-refractivity contribution >= 4 is 5.82 Å². The van der Waals surface area contributed by atoms with Gasteiger partial charge < -0.3 is 4.90 Å². The number of aromatic nitrogens is 2. The van der Waals surface area contributed by atoms with Crippen molar-refractivity contribution in [2.24, 2.45) is 0 Å². The maximum Gasteiger partial charge on any atom is 0.150 e. The van der Waals surface area contributed by atoms with Gasteiger partial charge in [0.2, 0.25) is 0 Å². The van der Waals surface area contributed by atoms with Crippen molar-refractivity contribution in [2.45, 2.75) is 19.9 Å². The molecule has 3 rings (SSSR count). The van der Waals surface area contributed by atoms with E-state index in [9.17, 15) is 5.26 Å². The van der Waals surface area contributed by atoms with Crippen LogP contribution in [-0.2, 0) is 13.0 Å². The molecule has 4 heteroatoms. The van der Waals surface area contributed by atoms with E-state index in [-0.39, 0.29) is 0 Å². The van der Waals surface area contributed by atoms with E-state index in [0.717, 1.165) is 25.3 Å². The minimum atomic E-state index is 0.546. The molecule has 0 fully saturated rings. The van der Waals surface area contributed by atoms with Crippen LogP contribution in [0.25, 0.3) is 0 Å². The SMILES string of the molecule is Cc1ncc(C#N)c(N2CCc3ccccc3C2)n1. The summed E-state index contributed by atoms with van der Waals surface area (Å²) in [6.07, 6.45) is 2.60. The first-order valence-corrected chi connectivity index (χ1v) is 6.33. The van der Waals surface area contributed by atoms with Crippen molar-refractivity contribution in [2.75, 3.05) is 11.4 Å². The van der Waals surface area contributed by atoms with Crippen molar-refractivity contribution in [1.82, 2.24) is 9.97 Å². The van der Waals surface area contributed by atoms with Crippen molar-refractivity contribution < 1.29 is 0 Å². The molecule has 2 heterocycles. The standard InChI is InChI=1S/C15H14N4/c1-11-17-9-14(8-16)15(18-11)19-7-6-12-4-2-3-5-13(12)10-19/h2-5,9H,6-7,10H2,1H3. The van der Waals surface area contributed by atoms with Gasteiger partial charge in [0.25, 0.3) is 0 Å². The number of rotatable bonds is 1.